The molecule has 4 amide bonds. The van der Waals surface area contributed by atoms with Crippen LogP contribution in [0.4, 0.5) is 4.79 Å². The highest BCUT2D eigenvalue weighted by molar-refractivity contribution is 6.10. The van der Waals surface area contributed by atoms with Crippen LogP contribution in [0.25, 0.3) is 0 Å². The molecule has 2 aliphatic rings. The number of urea groups is 1. The van der Waals surface area contributed by atoms with E-state index in [9.17, 15) is 14.4 Å². The highest BCUT2D eigenvalue weighted by Gasteiger charge is 2.54. The first-order chi connectivity index (χ1) is 11.9. The van der Waals surface area contributed by atoms with Gasteiger partial charge in [0.05, 0.1) is 0 Å². The molecule has 1 aromatic carbocycles. The van der Waals surface area contributed by atoms with Crippen LogP contribution in [-0.2, 0) is 15.1 Å². The van der Waals surface area contributed by atoms with Crippen molar-refractivity contribution in [2.75, 3.05) is 13.1 Å². The first kappa shape index (κ1) is 17.5. The SMILES string of the molecule is CC[C@@]1(c2ccc(C)cc2)NC(=O)N([C@H](C)C(=O)N2CCCC2)C1=O. The van der Waals surface area contributed by atoms with Crippen LogP contribution >= 0.6 is 0 Å². The fourth-order valence-corrected chi connectivity index (χ4v) is 3.74. The Labute approximate surface area is 148 Å². The third-order valence-electron chi connectivity index (χ3n) is 5.36. The van der Waals surface area contributed by atoms with E-state index >= 15 is 0 Å². The number of amides is 4. The lowest BCUT2D eigenvalue weighted by Crippen LogP contribution is -2.50. The number of likely N-dealkylation sites (tertiary alicyclic amines) is 1. The van der Waals surface area contributed by atoms with E-state index in [1.807, 2.05) is 38.1 Å². The number of aryl methyl sites for hydroxylation is 1. The number of carbonyl (C=O) groups is 3. The van der Waals surface area contributed by atoms with E-state index in [0.717, 1.165) is 28.9 Å². The zero-order chi connectivity index (χ0) is 18.2. The fraction of sp³-hybridized carbons (Fsp3) is 0.526. The molecule has 0 aliphatic carbocycles. The minimum Gasteiger partial charge on any atom is -0.341 e. The third-order valence-corrected chi connectivity index (χ3v) is 5.36. The van der Waals surface area contributed by atoms with E-state index < -0.39 is 17.6 Å². The van der Waals surface area contributed by atoms with Crippen molar-refractivity contribution in [2.45, 2.75) is 51.6 Å². The van der Waals surface area contributed by atoms with Gasteiger partial charge in [0.2, 0.25) is 5.91 Å². The number of benzene rings is 1. The number of hydrogen-bond acceptors (Lipinski definition) is 3. The third kappa shape index (κ3) is 2.79. The zero-order valence-electron chi connectivity index (χ0n) is 15.0. The van der Waals surface area contributed by atoms with Crippen LogP contribution < -0.4 is 5.32 Å². The van der Waals surface area contributed by atoms with Gasteiger partial charge in [0.25, 0.3) is 5.91 Å². The maximum atomic E-state index is 13.2. The van der Waals surface area contributed by atoms with Gasteiger partial charge in [-0.15, -0.1) is 0 Å². The predicted molar refractivity (Wildman–Crippen MR) is 93.8 cm³/mol. The summed E-state index contributed by atoms with van der Waals surface area (Å²) in [6.45, 7) is 6.88. The molecule has 2 saturated heterocycles. The first-order valence-electron chi connectivity index (χ1n) is 8.92. The molecule has 25 heavy (non-hydrogen) atoms. The summed E-state index contributed by atoms with van der Waals surface area (Å²) in [6, 6.07) is 6.30. The lowest BCUT2D eigenvalue weighted by Gasteiger charge is -2.28. The molecule has 0 saturated carbocycles. The number of hydrogen-bond donors (Lipinski definition) is 1. The monoisotopic (exact) mass is 343 g/mol. The molecule has 3 rings (SSSR count). The summed E-state index contributed by atoms with van der Waals surface area (Å²) in [5, 5.41) is 2.85. The minimum atomic E-state index is -1.09. The van der Waals surface area contributed by atoms with Crippen molar-refractivity contribution in [2.24, 2.45) is 0 Å². The largest absolute Gasteiger partial charge is 0.341 e. The van der Waals surface area contributed by atoms with Gasteiger partial charge in [-0.2, -0.15) is 0 Å². The van der Waals surface area contributed by atoms with Gasteiger partial charge >= 0.3 is 6.03 Å². The summed E-state index contributed by atoms with van der Waals surface area (Å²) in [7, 11) is 0. The minimum absolute atomic E-state index is 0.156. The second-order valence-corrected chi connectivity index (χ2v) is 6.94. The van der Waals surface area contributed by atoms with E-state index in [0.29, 0.717) is 19.5 Å². The number of rotatable bonds is 4. The molecular formula is C19H25N3O3. The number of nitrogens with zero attached hydrogens (tertiary/aromatic N) is 2. The molecule has 2 atom stereocenters. The van der Waals surface area contributed by atoms with Crippen molar-refractivity contribution in [3.63, 3.8) is 0 Å². The summed E-state index contributed by atoms with van der Waals surface area (Å²) < 4.78 is 0. The highest BCUT2D eigenvalue weighted by atomic mass is 16.2. The molecule has 0 bridgehead atoms. The van der Waals surface area contributed by atoms with E-state index in [-0.39, 0.29) is 11.8 Å². The molecule has 0 spiro atoms. The molecule has 2 aliphatic heterocycles. The predicted octanol–water partition coefficient (Wildman–Crippen LogP) is 2.16. The highest BCUT2D eigenvalue weighted by Crippen LogP contribution is 2.34. The summed E-state index contributed by atoms with van der Waals surface area (Å²) in [6.07, 6.45) is 2.38. The Bertz CT molecular complexity index is 694. The van der Waals surface area contributed by atoms with E-state index in [2.05, 4.69) is 5.32 Å². The summed E-state index contributed by atoms with van der Waals surface area (Å²) in [5.74, 6) is -0.499. The number of carbonyl (C=O) groups excluding carboxylic acids is 3. The van der Waals surface area contributed by atoms with Gasteiger partial charge in [-0.1, -0.05) is 36.8 Å². The molecule has 0 radical (unpaired) electrons. The molecule has 1 aromatic rings. The zero-order valence-corrected chi connectivity index (χ0v) is 15.0. The van der Waals surface area contributed by atoms with Gasteiger partial charge in [0, 0.05) is 13.1 Å². The number of nitrogens with one attached hydrogen (secondary N) is 1. The summed E-state index contributed by atoms with van der Waals surface area (Å²) in [5.41, 5.74) is 0.744. The maximum absolute atomic E-state index is 13.2. The van der Waals surface area contributed by atoms with Crippen LogP contribution in [0.5, 0.6) is 0 Å². The maximum Gasteiger partial charge on any atom is 0.326 e. The van der Waals surface area contributed by atoms with Crippen molar-refractivity contribution < 1.29 is 14.4 Å². The Kier molecular flexibility index (Phi) is 4.54. The Balaban J connectivity index is 1.90. The fourth-order valence-electron chi connectivity index (χ4n) is 3.74. The lowest BCUT2D eigenvalue weighted by atomic mass is 9.86. The van der Waals surface area contributed by atoms with Gasteiger partial charge in [0.15, 0.2) is 0 Å². The molecule has 6 heteroatoms. The van der Waals surface area contributed by atoms with Crippen molar-refractivity contribution in [1.29, 1.82) is 0 Å². The standard InChI is InChI=1S/C19H25N3O3/c1-4-19(15-9-7-13(2)8-10-15)17(24)22(18(25)20-19)14(3)16(23)21-11-5-6-12-21/h7-10,14H,4-6,11-12H2,1-3H3,(H,20,25)/t14-,19+/m1/s1. The van der Waals surface area contributed by atoms with E-state index in [4.69, 9.17) is 0 Å². The first-order valence-corrected chi connectivity index (χ1v) is 8.92. The topological polar surface area (TPSA) is 69.7 Å². The van der Waals surface area contributed by atoms with Crippen LogP contribution in [0.1, 0.15) is 44.2 Å². The van der Waals surface area contributed by atoms with Gasteiger partial charge in [-0.05, 0) is 38.7 Å². The Morgan fingerprint density at radius 2 is 1.80 bits per heavy atom. The molecule has 134 valence electrons. The molecule has 2 heterocycles. The van der Waals surface area contributed by atoms with Crippen molar-refractivity contribution in [3.05, 3.63) is 35.4 Å². The van der Waals surface area contributed by atoms with Crippen molar-refractivity contribution >= 4 is 17.8 Å². The van der Waals surface area contributed by atoms with E-state index in [1.54, 1.807) is 11.8 Å². The molecule has 0 aromatic heterocycles. The summed E-state index contributed by atoms with van der Waals surface area (Å²) >= 11 is 0. The normalized spacial score (nSPS) is 24.6. The second kappa shape index (κ2) is 6.50. The van der Waals surface area contributed by atoms with Gasteiger partial charge in [-0.25, -0.2) is 9.69 Å². The van der Waals surface area contributed by atoms with E-state index in [1.165, 1.54) is 0 Å². The molecule has 6 nitrogen and oxygen atoms in total. The summed E-state index contributed by atoms with van der Waals surface area (Å²) in [4.78, 5) is 41.3. The van der Waals surface area contributed by atoms with Crippen LogP contribution in [0.15, 0.2) is 24.3 Å². The average Bonchev–Trinajstić information content (AvgIpc) is 3.21. The molecule has 2 fully saturated rings. The van der Waals surface area contributed by atoms with Crippen molar-refractivity contribution in [3.8, 4) is 0 Å². The van der Waals surface area contributed by atoms with Crippen LogP contribution in [0.2, 0.25) is 0 Å². The quantitative estimate of drug-likeness (QED) is 0.852. The Morgan fingerprint density at radius 1 is 1.20 bits per heavy atom. The molecule has 0 unspecified atom stereocenters. The molecule has 1 N–H and O–H groups in total. The molecular weight excluding hydrogens is 318 g/mol. The Morgan fingerprint density at radius 3 is 2.36 bits per heavy atom. The van der Waals surface area contributed by atoms with Gasteiger partial charge in [0.1, 0.15) is 11.6 Å². The van der Waals surface area contributed by atoms with Crippen LogP contribution in [0, 0.1) is 6.92 Å². The average molecular weight is 343 g/mol. The number of imide groups is 1. The van der Waals surface area contributed by atoms with Crippen LogP contribution in [-0.4, -0.2) is 46.8 Å². The van der Waals surface area contributed by atoms with Crippen LogP contribution in [0.3, 0.4) is 0 Å². The smallest absolute Gasteiger partial charge is 0.326 e. The Hall–Kier alpha value is -2.37. The van der Waals surface area contributed by atoms with Crippen molar-refractivity contribution in [1.82, 2.24) is 15.1 Å². The van der Waals surface area contributed by atoms with Gasteiger partial charge < -0.3 is 10.2 Å². The van der Waals surface area contributed by atoms with Gasteiger partial charge in [-0.3, -0.25) is 9.59 Å². The second-order valence-electron chi connectivity index (χ2n) is 6.94. The lowest BCUT2D eigenvalue weighted by molar-refractivity contribution is -0.142.